The zero-order valence-electron chi connectivity index (χ0n) is 11.1. The number of benzene rings is 1. The van der Waals surface area contributed by atoms with Crippen LogP contribution in [0.25, 0.3) is 0 Å². The number of hydrogen-bond donors (Lipinski definition) is 1. The Morgan fingerprint density at radius 2 is 2.00 bits per heavy atom. The van der Waals surface area contributed by atoms with Crippen molar-refractivity contribution in [2.24, 2.45) is 5.41 Å². The van der Waals surface area contributed by atoms with E-state index in [0.717, 1.165) is 24.9 Å². The highest BCUT2D eigenvalue weighted by molar-refractivity contribution is 5.31. The molecule has 1 aliphatic rings. The summed E-state index contributed by atoms with van der Waals surface area (Å²) in [7, 11) is 0. The van der Waals surface area contributed by atoms with E-state index >= 15 is 0 Å². The van der Waals surface area contributed by atoms with Gasteiger partial charge in [-0.1, -0.05) is 32.0 Å². The Morgan fingerprint density at radius 3 is 2.65 bits per heavy atom. The summed E-state index contributed by atoms with van der Waals surface area (Å²) in [6.45, 7) is 8.38. The molecule has 0 heterocycles. The van der Waals surface area contributed by atoms with Crippen LogP contribution in [0.5, 0.6) is 5.75 Å². The Labute approximate surface area is 104 Å². The normalized spacial score (nSPS) is 15.9. The Kier molecular flexibility index (Phi) is 3.72. The molecule has 2 heteroatoms. The summed E-state index contributed by atoms with van der Waals surface area (Å²) in [5, 5.41) is 3.57. The zero-order valence-corrected chi connectivity index (χ0v) is 11.1. The van der Waals surface area contributed by atoms with Crippen LogP contribution in [-0.2, 0) is 0 Å². The van der Waals surface area contributed by atoms with Crippen LogP contribution in [0.4, 0.5) is 0 Å². The third-order valence-electron chi connectivity index (χ3n) is 3.16. The van der Waals surface area contributed by atoms with E-state index in [-0.39, 0.29) is 5.41 Å². The van der Waals surface area contributed by atoms with Gasteiger partial charge in [0.15, 0.2) is 0 Å². The lowest BCUT2D eigenvalue weighted by Crippen LogP contribution is -2.35. The first-order valence-corrected chi connectivity index (χ1v) is 6.49. The van der Waals surface area contributed by atoms with E-state index < -0.39 is 0 Å². The molecule has 2 nitrogen and oxygen atoms in total. The van der Waals surface area contributed by atoms with E-state index in [9.17, 15) is 0 Å². The fourth-order valence-electron chi connectivity index (χ4n) is 1.75. The molecule has 1 aromatic carbocycles. The smallest absolute Gasteiger partial charge is 0.122 e. The molecule has 0 radical (unpaired) electrons. The van der Waals surface area contributed by atoms with Gasteiger partial charge in [-0.05, 0) is 31.4 Å². The fourth-order valence-corrected chi connectivity index (χ4v) is 1.75. The van der Waals surface area contributed by atoms with Crippen molar-refractivity contribution in [1.82, 2.24) is 5.32 Å². The van der Waals surface area contributed by atoms with Crippen LogP contribution in [0.3, 0.4) is 0 Å². The summed E-state index contributed by atoms with van der Waals surface area (Å²) >= 11 is 0. The van der Waals surface area contributed by atoms with Crippen molar-refractivity contribution in [1.29, 1.82) is 0 Å². The summed E-state index contributed by atoms with van der Waals surface area (Å²) in [6.07, 6.45) is 2.68. The molecule has 0 spiro atoms. The number of para-hydroxylation sites is 1. The standard InChI is InChI=1S/C15H23NO/c1-12-6-4-5-7-14(12)17-11-15(2,3)10-16-13-8-9-13/h4-7,13,16H,8-11H2,1-3H3. The van der Waals surface area contributed by atoms with Crippen LogP contribution in [0.2, 0.25) is 0 Å². The third-order valence-corrected chi connectivity index (χ3v) is 3.16. The topological polar surface area (TPSA) is 21.3 Å². The molecule has 2 rings (SSSR count). The van der Waals surface area contributed by atoms with E-state index in [1.54, 1.807) is 0 Å². The molecule has 1 fully saturated rings. The minimum absolute atomic E-state index is 0.185. The van der Waals surface area contributed by atoms with Crippen molar-refractivity contribution >= 4 is 0 Å². The lowest BCUT2D eigenvalue weighted by atomic mass is 9.95. The Hall–Kier alpha value is -1.02. The quantitative estimate of drug-likeness (QED) is 0.815. The van der Waals surface area contributed by atoms with Gasteiger partial charge in [-0.25, -0.2) is 0 Å². The van der Waals surface area contributed by atoms with E-state index in [1.807, 2.05) is 18.2 Å². The van der Waals surface area contributed by atoms with E-state index in [4.69, 9.17) is 4.74 Å². The molecule has 1 saturated carbocycles. The number of nitrogens with one attached hydrogen (secondary N) is 1. The van der Waals surface area contributed by atoms with Gasteiger partial charge >= 0.3 is 0 Å². The fraction of sp³-hybridized carbons (Fsp3) is 0.600. The molecule has 17 heavy (non-hydrogen) atoms. The van der Waals surface area contributed by atoms with Crippen LogP contribution < -0.4 is 10.1 Å². The number of rotatable bonds is 6. The van der Waals surface area contributed by atoms with E-state index in [0.29, 0.717) is 0 Å². The second-order valence-electron chi connectivity index (χ2n) is 5.87. The number of ether oxygens (including phenoxy) is 1. The molecule has 0 amide bonds. The number of aryl methyl sites for hydroxylation is 1. The predicted octanol–water partition coefficient (Wildman–Crippen LogP) is 3.15. The van der Waals surface area contributed by atoms with Gasteiger partial charge in [-0.2, -0.15) is 0 Å². The molecule has 1 N–H and O–H groups in total. The van der Waals surface area contributed by atoms with Crippen molar-refractivity contribution in [2.45, 2.75) is 39.7 Å². The lowest BCUT2D eigenvalue weighted by molar-refractivity contribution is 0.175. The number of hydrogen-bond acceptors (Lipinski definition) is 2. The van der Waals surface area contributed by atoms with Crippen molar-refractivity contribution in [2.75, 3.05) is 13.2 Å². The second-order valence-corrected chi connectivity index (χ2v) is 5.87. The van der Waals surface area contributed by atoms with Crippen molar-refractivity contribution in [3.05, 3.63) is 29.8 Å². The molecule has 0 atom stereocenters. The average molecular weight is 233 g/mol. The summed E-state index contributed by atoms with van der Waals surface area (Å²) in [6, 6.07) is 8.97. The maximum atomic E-state index is 5.91. The first kappa shape index (κ1) is 12.4. The minimum Gasteiger partial charge on any atom is -0.493 e. The molecular weight excluding hydrogens is 210 g/mol. The molecule has 0 unspecified atom stereocenters. The lowest BCUT2D eigenvalue weighted by Gasteiger charge is -2.25. The van der Waals surface area contributed by atoms with Gasteiger partial charge in [0.25, 0.3) is 0 Å². The van der Waals surface area contributed by atoms with Crippen LogP contribution in [0, 0.1) is 12.3 Å². The first-order chi connectivity index (χ1) is 8.07. The highest BCUT2D eigenvalue weighted by Gasteiger charge is 2.25. The minimum atomic E-state index is 0.185. The molecule has 1 aromatic rings. The van der Waals surface area contributed by atoms with Crippen LogP contribution in [-0.4, -0.2) is 19.2 Å². The van der Waals surface area contributed by atoms with Crippen LogP contribution in [0.1, 0.15) is 32.3 Å². The van der Waals surface area contributed by atoms with Gasteiger partial charge < -0.3 is 10.1 Å². The molecule has 1 aliphatic carbocycles. The first-order valence-electron chi connectivity index (χ1n) is 6.49. The van der Waals surface area contributed by atoms with Gasteiger partial charge in [-0.3, -0.25) is 0 Å². The summed E-state index contributed by atoms with van der Waals surface area (Å²) < 4.78 is 5.91. The van der Waals surface area contributed by atoms with Gasteiger partial charge in [0.2, 0.25) is 0 Å². The molecule has 0 aliphatic heterocycles. The zero-order chi connectivity index (χ0) is 12.3. The summed E-state index contributed by atoms with van der Waals surface area (Å²) in [5.41, 5.74) is 1.39. The molecule has 0 aromatic heterocycles. The maximum Gasteiger partial charge on any atom is 0.122 e. The van der Waals surface area contributed by atoms with E-state index in [1.165, 1.54) is 18.4 Å². The molecule has 0 saturated heterocycles. The monoisotopic (exact) mass is 233 g/mol. The summed E-state index contributed by atoms with van der Waals surface area (Å²) in [5.74, 6) is 1.01. The predicted molar refractivity (Wildman–Crippen MR) is 71.5 cm³/mol. The SMILES string of the molecule is Cc1ccccc1OCC(C)(C)CNC1CC1. The largest absolute Gasteiger partial charge is 0.493 e. The average Bonchev–Trinajstić information content (AvgIpc) is 3.09. The van der Waals surface area contributed by atoms with Gasteiger partial charge in [0, 0.05) is 18.0 Å². The Morgan fingerprint density at radius 1 is 1.29 bits per heavy atom. The van der Waals surface area contributed by atoms with Gasteiger partial charge in [0.1, 0.15) is 5.75 Å². The molecule has 94 valence electrons. The third kappa shape index (κ3) is 4.04. The van der Waals surface area contributed by atoms with Crippen LogP contribution >= 0.6 is 0 Å². The van der Waals surface area contributed by atoms with Gasteiger partial charge in [-0.15, -0.1) is 0 Å². The van der Waals surface area contributed by atoms with Crippen molar-refractivity contribution < 1.29 is 4.74 Å². The Bertz CT molecular complexity index is 369. The second kappa shape index (κ2) is 5.09. The highest BCUT2D eigenvalue weighted by atomic mass is 16.5. The summed E-state index contributed by atoms with van der Waals surface area (Å²) in [4.78, 5) is 0. The van der Waals surface area contributed by atoms with Crippen molar-refractivity contribution in [3.8, 4) is 5.75 Å². The highest BCUT2D eigenvalue weighted by Crippen LogP contribution is 2.23. The Balaban J connectivity index is 1.81. The van der Waals surface area contributed by atoms with Crippen molar-refractivity contribution in [3.63, 3.8) is 0 Å². The maximum absolute atomic E-state index is 5.91. The molecule has 0 bridgehead atoms. The van der Waals surface area contributed by atoms with Crippen LogP contribution in [0.15, 0.2) is 24.3 Å². The van der Waals surface area contributed by atoms with Gasteiger partial charge in [0.05, 0.1) is 6.61 Å². The van der Waals surface area contributed by atoms with E-state index in [2.05, 4.69) is 32.2 Å². The molecular formula is C15H23NO.